The van der Waals surface area contributed by atoms with E-state index < -0.39 is 5.41 Å². The summed E-state index contributed by atoms with van der Waals surface area (Å²) in [5, 5.41) is 15.5. The van der Waals surface area contributed by atoms with E-state index in [0.717, 1.165) is 59.5 Å². The highest BCUT2D eigenvalue weighted by Gasteiger charge is 2.43. The molecule has 5 heterocycles. The second-order valence-corrected chi connectivity index (χ2v) is 12.7. The Morgan fingerprint density at radius 1 is 1.04 bits per heavy atom. The molecule has 1 atom stereocenters. The number of halogens is 1. The first-order chi connectivity index (χ1) is 21.6. The van der Waals surface area contributed by atoms with Crippen LogP contribution < -0.4 is 25.8 Å². The number of amides is 3. The molecule has 0 radical (unpaired) electrons. The van der Waals surface area contributed by atoms with Crippen LogP contribution in [0.15, 0.2) is 42.6 Å². The van der Waals surface area contributed by atoms with Crippen molar-refractivity contribution in [2.24, 2.45) is 7.05 Å². The highest BCUT2D eigenvalue weighted by atomic mass is 35.5. The van der Waals surface area contributed by atoms with Crippen molar-refractivity contribution < 1.29 is 14.4 Å². The molecule has 13 heteroatoms. The molecule has 0 spiro atoms. The molecule has 1 unspecified atom stereocenters. The lowest BCUT2D eigenvalue weighted by Crippen LogP contribution is -2.50. The number of carbonyl (C=O) groups excluding carboxylic acids is 3. The number of hydrogen-bond acceptors (Lipinski definition) is 9. The molecule has 3 aliphatic rings. The van der Waals surface area contributed by atoms with E-state index in [0.29, 0.717) is 41.7 Å². The minimum Gasteiger partial charge on any atom is -0.382 e. The van der Waals surface area contributed by atoms with E-state index in [1.807, 2.05) is 44.3 Å². The summed E-state index contributed by atoms with van der Waals surface area (Å²) in [4.78, 5) is 49.7. The fourth-order valence-electron chi connectivity index (χ4n) is 6.53. The maximum Gasteiger partial charge on any atom is 0.238 e. The van der Waals surface area contributed by atoms with Gasteiger partial charge in [-0.2, -0.15) is 10.1 Å². The molecular weight excluding hydrogens is 594 g/mol. The quantitative estimate of drug-likeness (QED) is 0.270. The summed E-state index contributed by atoms with van der Waals surface area (Å²) in [6.45, 7) is 3.40. The molecule has 2 aromatic carbocycles. The van der Waals surface area contributed by atoms with Gasteiger partial charge in [0.1, 0.15) is 5.02 Å². The third-order valence-electron chi connectivity index (χ3n) is 9.28. The average molecular weight is 628 g/mol. The van der Waals surface area contributed by atoms with E-state index in [-0.39, 0.29) is 23.8 Å². The van der Waals surface area contributed by atoms with Crippen LogP contribution in [-0.2, 0) is 33.3 Å². The Bertz CT molecular complexity index is 1870. The zero-order valence-corrected chi connectivity index (χ0v) is 26.1. The number of likely N-dealkylation sites (N-methyl/N-ethyl adjacent to an activating group) is 1. The molecule has 45 heavy (non-hydrogen) atoms. The van der Waals surface area contributed by atoms with Crippen molar-refractivity contribution in [3.8, 4) is 0 Å². The van der Waals surface area contributed by atoms with Gasteiger partial charge in [0.2, 0.25) is 23.7 Å². The summed E-state index contributed by atoms with van der Waals surface area (Å²) in [5.74, 6) is 0.678. The Hall–Kier alpha value is -4.71. The van der Waals surface area contributed by atoms with Gasteiger partial charge in [0.05, 0.1) is 29.2 Å². The summed E-state index contributed by atoms with van der Waals surface area (Å²) in [6, 6.07) is 12.2. The molecule has 0 saturated carbocycles. The van der Waals surface area contributed by atoms with Crippen LogP contribution >= 0.6 is 11.6 Å². The average Bonchev–Trinajstić information content (AvgIpc) is 3.51. The van der Waals surface area contributed by atoms with Gasteiger partial charge in [0.25, 0.3) is 0 Å². The number of anilines is 5. The fourth-order valence-corrected chi connectivity index (χ4v) is 6.67. The van der Waals surface area contributed by atoms with Crippen LogP contribution in [0.4, 0.5) is 28.8 Å². The molecule has 7 rings (SSSR count). The van der Waals surface area contributed by atoms with Gasteiger partial charge in [-0.25, -0.2) is 4.98 Å². The van der Waals surface area contributed by atoms with Crippen LogP contribution in [0.1, 0.15) is 43.9 Å². The minimum atomic E-state index is -0.854. The Labute approximate surface area is 265 Å². The van der Waals surface area contributed by atoms with Gasteiger partial charge in [-0.1, -0.05) is 11.6 Å². The number of imide groups is 1. The number of nitrogens with one attached hydrogen (secondary N) is 3. The van der Waals surface area contributed by atoms with Crippen LogP contribution in [0.25, 0.3) is 10.9 Å². The lowest BCUT2D eigenvalue weighted by atomic mass is 9.77. The first-order valence-corrected chi connectivity index (χ1v) is 15.5. The Balaban J connectivity index is 1.01. The van der Waals surface area contributed by atoms with Gasteiger partial charge in [-0.15, -0.1) is 0 Å². The van der Waals surface area contributed by atoms with Crippen molar-refractivity contribution >= 4 is 69.1 Å². The summed E-state index contributed by atoms with van der Waals surface area (Å²) >= 11 is 6.46. The summed E-state index contributed by atoms with van der Waals surface area (Å²) in [6.07, 6.45) is 4.52. The number of hydrogen-bond donors (Lipinski definition) is 3. The highest BCUT2D eigenvalue weighted by Crippen LogP contribution is 2.37. The molecule has 0 bridgehead atoms. The van der Waals surface area contributed by atoms with Gasteiger partial charge in [-0.05, 0) is 68.1 Å². The van der Waals surface area contributed by atoms with E-state index in [1.54, 1.807) is 22.8 Å². The number of rotatable bonds is 6. The molecule has 3 N–H and O–H groups in total. The van der Waals surface area contributed by atoms with E-state index in [4.69, 9.17) is 21.7 Å². The molecule has 2 saturated heterocycles. The lowest BCUT2D eigenvalue weighted by Gasteiger charge is -2.33. The largest absolute Gasteiger partial charge is 0.382 e. The third-order valence-corrected chi connectivity index (χ3v) is 9.56. The normalized spacial score (nSPS) is 20.5. The van der Waals surface area contributed by atoms with Crippen molar-refractivity contribution in [3.05, 3.63) is 58.9 Å². The first-order valence-electron chi connectivity index (χ1n) is 15.1. The molecule has 3 aliphatic heterocycles. The van der Waals surface area contributed by atoms with Crippen LogP contribution in [0, 0.1) is 0 Å². The highest BCUT2D eigenvalue weighted by molar-refractivity contribution is 6.33. The topological polar surface area (TPSA) is 137 Å². The zero-order chi connectivity index (χ0) is 31.5. The van der Waals surface area contributed by atoms with Gasteiger partial charge >= 0.3 is 0 Å². The van der Waals surface area contributed by atoms with Gasteiger partial charge in [-0.3, -0.25) is 24.4 Å². The second kappa shape index (κ2) is 11.0. The number of benzene rings is 2. The number of aromatic nitrogens is 4. The van der Waals surface area contributed by atoms with Crippen LogP contribution in [0.3, 0.4) is 0 Å². The lowest BCUT2D eigenvalue weighted by molar-refractivity contribution is -0.137. The standard InChI is InChI=1S/C32H34ClN9O3/c1-32(11-8-26(43)37-30(32)45)28-22-6-4-21(16-25(22)41(3)39-28)35-19-9-12-42(13-10-19)31-34-17-23(33)29(38-31)36-20-5-7-24-18(14-20)15-27(44)40(24)2/h4-7,14,16-17,19,35H,8-13,15H2,1-3H3,(H,34,36,38)(H,37,43,45). The zero-order valence-electron chi connectivity index (χ0n) is 25.4. The van der Waals surface area contributed by atoms with Gasteiger partial charge in [0, 0.05) is 62.1 Å². The number of piperidine rings is 2. The SMILES string of the molecule is CN1C(=O)Cc2cc(Nc3nc(N4CCC(Nc5ccc6c(C7(C)CCC(=O)NC7=O)nn(C)c6c5)CC4)ncc3Cl)ccc21. The maximum absolute atomic E-state index is 12.8. The number of fused-ring (bicyclic) bond motifs is 2. The predicted molar refractivity (Wildman–Crippen MR) is 173 cm³/mol. The molecule has 3 amide bonds. The van der Waals surface area contributed by atoms with E-state index in [1.165, 1.54) is 0 Å². The Kier molecular flexibility index (Phi) is 7.11. The summed E-state index contributed by atoms with van der Waals surface area (Å²) in [5.41, 5.74) is 4.46. The van der Waals surface area contributed by atoms with Gasteiger partial charge < -0.3 is 20.4 Å². The predicted octanol–water partition coefficient (Wildman–Crippen LogP) is 4.05. The van der Waals surface area contributed by atoms with Crippen molar-refractivity contribution in [2.45, 2.75) is 50.5 Å². The number of nitrogens with zero attached hydrogens (tertiary/aromatic N) is 6. The molecule has 232 valence electrons. The van der Waals surface area contributed by atoms with E-state index >= 15 is 0 Å². The maximum atomic E-state index is 12.8. The molecule has 2 aromatic heterocycles. The van der Waals surface area contributed by atoms with Crippen LogP contribution in [0.5, 0.6) is 0 Å². The van der Waals surface area contributed by atoms with Crippen molar-refractivity contribution in [1.29, 1.82) is 0 Å². The molecule has 12 nitrogen and oxygen atoms in total. The first kappa shape index (κ1) is 29.0. The van der Waals surface area contributed by atoms with Crippen molar-refractivity contribution in [1.82, 2.24) is 25.1 Å². The van der Waals surface area contributed by atoms with Gasteiger partial charge in [0.15, 0.2) is 5.82 Å². The van der Waals surface area contributed by atoms with E-state index in [2.05, 4.69) is 31.9 Å². The Morgan fingerprint density at radius 2 is 1.82 bits per heavy atom. The number of carbonyl (C=O) groups is 3. The molecular formula is C32H34ClN9O3. The Morgan fingerprint density at radius 3 is 2.60 bits per heavy atom. The second-order valence-electron chi connectivity index (χ2n) is 12.3. The van der Waals surface area contributed by atoms with E-state index in [9.17, 15) is 14.4 Å². The summed E-state index contributed by atoms with van der Waals surface area (Å²) in [7, 11) is 3.66. The van der Waals surface area contributed by atoms with Crippen LogP contribution in [-0.4, -0.2) is 63.6 Å². The molecule has 4 aromatic rings. The van der Waals surface area contributed by atoms with Crippen molar-refractivity contribution in [3.63, 3.8) is 0 Å². The summed E-state index contributed by atoms with van der Waals surface area (Å²) < 4.78 is 1.80. The fraction of sp³-hybridized carbons (Fsp3) is 0.375. The minimum absolute atomic E-state index is 0.0771. The molecule has 2 fully saturated rings. The van der Waals surface area contributed by atoms with Crippen LogP contribution in [0.2, 0.25) is 5.02 Å². The monoisotopic (exact) mass is 627 g/mol. The molecule has 0 aliphatic carbocycles. The smallest absolute Gasteiger partial charge is 0.238 e. The van der Waals surface area contributed by atoms with Crippen molar-refractivity contribution in [2.75, 3.05) is 40.6 Å². The number of aryl methyl sites for hydroxylation is 1. The third kappa shape index (κ3) is 5.22.